The highest BCUT2D eigenvalue weighted by Crippen LogP contribution is 2.24. The molecule has 0 radical (unpaired) electrons. The third-order valence-electron chi connectivity index (χ3n) is 5.41. The van der Waals surface area contributed by atoms with Gasteiger partial charge in [0, 0.05) is 57.6 Å². The number of hydrogen-bond acceptors (Lipinski definition) is 7. The van der Waals surface area contributed by atoms with Gasteiger partial charge in [-0.3, -0.25) is 9.69 Å². The molecule has 0 bridgehead atoms. The first kappa shape index (κ1) is 17.9. The fraction of sp³-hybridized carbons (Fsp3) is 0.579. The van der Waals surface area contributed by atoms with Crippen LogP contribution in [0.2, 0.25) is 0 Å². The van der Waals surface area contributed by atoms with E-state index in [1.165, 1.54) is 12.0 Å². The molecule has 2 aromatic heterocycles. The van der Waals surface area contributed by atoms with Gasteiger partial charge in [-0.05, 0) is 25.3 Å². The monoisotopic (exact) mass is 370 g/mol. The van der Waals surface area contributed by atoms with Crippen molar-refractivity contribution in [2.24, 2.45) is 0 Å². The SMILES string of the molecule is CN(Cc1noc2c1CCCC2)C(=O)CN1CCN(c2ncccn2)CC1. The normalized spacial score (nSPS) is 17.6. The Labute approximate surface area is 159 Å². The minimum atomic E-state index is 0.118. The van der Waals surface area contributed by atoms with Gasteiger partial charge in [-0.1, -0.05) is 5.16 Å². The van der Waals surface area contributed by atoms with E-state index in [0.29, 0.717) is 13.1 Å². The molecular formula is C19H26N6O2. The van der Waals surface area contributed by atoms with E-state index >= 15 is 0 Å². The van der Waals surface area contributed by atoms with Gasteiger partial charge in [0.25, 0.3) is 0 Å². The quantitative estimate of drug-likeness (QED) is 0.780. The molecule has 144 valence electrons. The molecule has 2 aliphatic rings. The lowest BCUT2D eigenvalue weighted by atomic mass is 9.96. The molecule has 0 aromatic carbocycles. The fourth-order valence-electron chi connectivity index (χ4n) is 3.76. The standard InChI is InChI=1S/C19H26N6O2/c1-23(13-16-15-5-2-3-6-17(15)27-22-16)18(26)14-24-9-11-25(12-10-24)19-20-7-4-8-21-19/h4,7-8H,2-3,5-6,9-14H2,1H3. The van der Waals surface area contributed by atoms with Gasteiger partial charge in [-0.15, -0.1) is 0 Å². The average Bonchev–Trinajstić information content (AvgIpc) is 3.12. The molecule has 0 saturated carbocycles. The van der Waals surface area contributed by atoms with Crippen LogP contribution in [0.25, 0.3) is 0 Å². The Balaban J connectivity index is 1.27. The molecule has 1 aliphatic heterocycles. The summed E-state index contributed by atoms with van der Waals surface area (Å²) in [6.45, 7) is 4.28. The molecule has 0 atom stereocenters. The van der Waals surface area contributed by atoms with Crippen molar-refractivity contribution < 1.29 is 9.32 Å². The second kappa shape index (κ2) is 8.04. The summed E-state index contributed by atoms with van der Waals surface area (Å²) in [5.41, 5.74) is 2.14. The van der Waals surface area contributed by atoms with Gasteiger partial charge in [-0.2, -0.15) is 0 Å². The minimum absolute atomic E-state index is 0.118. The Hall–Kier alpha value is -2.48. The summed E-state index contributed by atoms with van der Waals surface area (Å²) in [6.07, 6.45) is 7.84. The second-order valence-corrected chi connectivity index (χ2v) is 7.30. The number of piperazine rings is 1. The van der Waals surface area contributed by atoms with Crippen molar-refractivity contribution in [3.63, 3.8) is 0 Å². The number of rotatable bonds is 5. The maximum atomic E-state index is 12.6. The van der Waals surface area contributed by atoms with Crippen LogP contribution in [0.15, 0.2) is 23.0 Å². The van der Waals surface area contributed by atoms with Gasteiger partial charge in [0.15, 0.2) is 0 Å². The molecule has 1 amide bonds. The van der Waals surface area contributed by atoms with E-state index in [2.05, 4.69) is 24.9 Å². The van der Waals surface area contributed by atoms with Crippen molar-refractivity contribution >= 4 is 11.9 Å². The van der Waals surface area contributed by atoms with Crippen LogP contribution in [0.1, 0.15) is 29.9 Å². The zero-order valence-corrected chi connectivity index (χ0v) is 15.8. The summed E-state index contributed by atoms with van der Waals surface area (Å²) < 4.78 is 5.46. The maximum Gasteiger partial charge on any atom is 0.236 e. The van der Waals surface area contributed by atoms with Crippen LogP contribution < -0.4 is 4.90 Å². The largest absolute Gasteiger partial charge is 0.361 e. The topological polar surface area (TPSA) is 78.6 Å². The molecule has 27 heavy (non-hydrogen) atoms. The van der Waals surface area contributed by atoms with Gasteiger partial charge >= 0.3 is 0 Å². The first-order chi connectivity index (χ1) is 13.2. The number of amides is 1. The molecule has 1 fully saturated rings. The lowest BCUT2D eigenvalue weighted by molar-refractivity contribution is -0.131. The van der Waals surface area contributed by atoms with Crippen molar-refractivity contribution in [1.29, 1.82) is 0 Å². The molecule has 1 aliphatic carbocycles. The highest BCUT2D eigenvalue weighted by atomic mass is 16.5. The zero-order valence-electron chi connectivity index (χ0n) is 15.8. The van der Waals surface area contributed by atoms with Crippen molar-refractivity contribution in [3.05, 3.63) is 35.5 Å². The van der Waals surface area contributed by atoms with Crippen LogP contribution >= 0.6 is 0 Å². The number of aromatic nitrogens is 3. The van der Waals surface area contributed by atoms with Crippen molar-refractivity contribution in [2.45, 2.75) is 32.2 Å². The van der Waals surface area contributed by atoms with Gasteiger partial charge < -0.3 is 14.3 Å². The predicted octanol–water partition coefficient (Wildman–Crippen LogP) is 1.12. The smallest absolute Gasteiger partial charge is 0.236 e. The lowest BCUT2D eigenvalue weighted by Gasteiger charge is -2.34. The van der Waals surface area contributed by atoms with E-state index in [4.69, 9.17) is 4.52 Å². The van der Waals surface area contributed by atoms with E-state index in [1.54, 1.807) is 17.3 Å². The molecule has 0 spiro atoms. The third-order valence-corrected chi connectivity index (χ3v) is 5.41. The lowest BCUT2D eigenvalue weighted by Crippen LogP contribution is -2.50. The molecule has 8 nitrogen and oxygen atoms in total. The van der Waals surface area contributed by atoms with Crippen LogP contribution in [0.3, 0.4) is 0 Å². The van der Waals surface area contributed by atoms with E-state index in [0.717, 1.165) is 62.8 Å². The Bertz CT molecular complexity index is 770. The summed E-state index contributed by atoms with van der Waals surface area (Å²) in [5.74, 6) is 1.89. The summed E-state index contributed by atoms with van der Waals surface area (Å²) in [6, 6.07) is 1.82. The molecular weight excluding hydrogens is 344 g/mol. The first-order valence-electron chi connectivity index (χ1n) is 9.65. The van der Waals surface area contributed by atoms with Crippen molar-refractivity contribution in [2.75, 3.05) is 44.7 Å². The van der Waals surface area contributed by atoms with Gasteiger partial charge in [-0.25, -0.2) is 9.97 Å². The number of carbonyl (C=O) groups is 1. The van der Waals surface area contributed by atoms with E-state index in [-0.39, 0.29) is 5.91 Å². The number of carbonyl (C=O) groups excluding carboxylic acids is 1. The molecule has 0 N–H and O–H groups in total. The first-order valence-corrected chi connectivity index (χ1v) is 9.65. The highest BCUT2D eigenvalue weighted by molar-refractivity contribution is 5.78. The van der Waals surface area contributed by atoms with Crippen LogP contribution in [-0.4, -0.2) is 70.6 Å². The number of likely N-dealkylation sites (N-methyl/N-ethyl adjacent to an activating group) is 1. The third kappa shape index (κ3) is 4.10. The van der Waals surface area contributed by atoms with Gasteiger partial charge in [0.05, 0.1) is 13.1 Å². The maximum absolute atomic E-state index is 12.6. The molecule has 4 rings (SSSR count). The summed E-state index contributed by atoms with van der Waals surface area (Å²) in [4.78, 5) is 27.4. The van der Waals surface area contributed by atoms with E-state index < -0.39 is 0 Å². The second-order valence-electron chi connectivity index (χ2n) is 7.30. The Kier molecular flexibility index (Phi) is 5.33. The summed E-state index contributed by atoms with van der Waals surface area (Å²) in [5, 5.41) is 4.21. The Morgan fingerprint density at radius 1 is 1.15 bits per heavy atom. The molecule has 0 unspecified atom stereocenters. The van der Waals surface area contributed by atoms with Crippen molar-refractivity contribution in [3.8, 4) is 0 Å². The fourth-order valence-corrected chi connectivity index (χ4v) is 3.76. The Morgan fingerprint density at radius 3 is 2.67 bits per heavy atom. The summed E-state index contributed by atoms with van der Waals surface area (Å²) >= 11 is 0. The number of nitrogens with zero attached hydrogens (tertiary/aromatic N) is 6. The average molecular weight is 370 g/mol. The number of anilines is 1. The Morgan fingerprint density at radius 2 is 1.89 bits per heavy atom. The minimum Gasteiger partial charge on any atom is -0.361 e. The van der Waals surface area contributed by atoms with Gasteiger partial charge in [0.2, 0.25) is 11.9 Å². The number of hydrogen-bond donors (Lipinski definition) is 0. The van der Waals surface area contributed by atoms with E-state index in [9.17, 15) is 4.79 Å². The molecule has 2 aromatic rings. The van der Waals surface area contributed by atoms with Gasteiger partial charge in [0.1, 0.15) is 11.5 Å². The van der Waals surface area contributed by atoms with Crippen LogP contribution in [0, 0.1) is 0 Å². The van der Waals surface area contributed by atoms with Crippen molar-refractivity contribution in [1.82, 2.24) is 24.9 Å². The number of aryl methyl sites for hydroxylation is 1. The predicted molar refractivity (Wildman–Crippen MR) is 100 cm³/mol. The summed E-state index contributed by atoms with van der Waals surface area (Å²) in [7, 11) is 1.85. The molecule has 3 heterocycles. The van der Waals surface area contributed by atoms with Crippen LogP contribution in [0.4, 0.5) is 5.95 Å². The zero-order chi connectivity index (χ0) is 18.6. The number of fused-ring (bicyclic) bond motifs is 1. The van der Waals surface area contributed by atoms with Crippen LogP contribution in [0.5, 0.6) is 0 Å². The van der Waals surface area contributed by atoms with Crippen LogP contribution in [-0.2, 0) is 24.2 Å². The molecule has 1 saturated heterocycles. The molecule has 8 heteroatoms. The highest BCUT2D eigenvalue weighted by Gasteiger charge is 2.24. The van der Waals surface area contributed by atoms with E-state index in [1.807, 2.05) is 13.1 Å².